The van der Waals surface area contributed by atoms with Crippen molar-refractivity contribution in [2.24, 2.45) is 0 Å². The molecule has 17 heavy (non-hydrogen) atoms. The van der Waals surface area contributed by atoms with Crippen molar-refractivity contribution >= 4 is 6.03 Å². The van der Waals surface area contributed by atoms with Gasteiger partial charge in [0.15, 0.2) is 0 Å². The molecule has 0 aromatic heterocycles. The molecule has 0 aromatic carbocycles. The standard InChI is InChI=1S/C13H24N2O2/c1-17-11-10-15(12-6-7-12)13(16)14-8-4-2-3-5-9-14/h12H,2-11H2,1H3. The lowest BCUT2D eigenvalue weighted by Gasteiger charge is -2.30. The fourth-order valence-corrected chi connectivity index (χ4v) is 2.45. The molecular formula is C13H24N2O2. The van der Waals surface area contributed by atoms with E-state index < -0.39 is 0 Å². The van der Waals surface area contributed by atoms with Gasteiger partial charge in [-0.05, 0) is 25.7 Å². The van der Waals surface area contributed by atoms with Crippen molar-refractivity contribution in [3.05, 3.63) is 0 Å². The van der Waals surface area contributed by atoms with Gasteiger partial charge >= 0.3 is 6.03 Å². The molecule has 98 valence electrons. The van der Waals surface area contributed by atoms with Crippen molar-refractivity contribution in [1.29, 1.82) is 0 Å². The number of carbonyl (C=O) groups is 1. The smallest absolute Gasteiger partial charge is 0.320 e. The molecule has 0 unspecified atom stereocenters. The van der Waals surface area contributed by atoms with Crippen molar-refractivity contribution in [3.63, 3.8) is 0 Å². The minimum atomic E-state index is 0.242. The molecule has 0 spiro atoms. The maximum Gasteiger partial charge on any atom is 0.320 e. The summed E-state index contributed by atoms with van der Waals surface area (Å²) in [4.78, 5) is 16.5. The molecule has 4 heteroatoms. The molecule has 4 nitrogen and oxygen atoms in total. The van der Waals surface area contributed by atoms with E-state index >= 15 is 0 Å². The van der Waals surface area contributed by atoms with Gasteiger partial charge in [-0.3, -0.25) is 0 Å². The number of ether oxygens (including phenoxy) is 1. The molecule has 1 saturated heterocycles. The quantitative estimate of drug-likeness (QED) is 0.754. The fraction of sp³-hybridized carbons (Fsp3) is 0.923. The summed E-state index contributed by atoms with van der Waals surface area (Å²) >= 11 is 0. The number of amides is 2. The zero-order valence-corrected chi connectivity index (χ0v) is 10.9. The summed E-state index contributed by atoms with van der Waals surface area (Å²) in [5, 5.41) is 0. The van der Waals surface area contributed by atoms with Gasteiger partial charge in [0.05, 0.1) is 6.61 Å². The van der Waals surface area contributed by atoms with Crippen LogP contribution < -0.4 is 0 Å². The van der Waals surface area contributed by atoms with E-state index in [1.54, 1.807) is 7.11 Å². The second-order valence-electron chi connectivity index (χ2n) is 5.10. The molecule has 2 fully saturated rings. The molecule has 0 N–H and O–H groups in total. The lowest BCUT2D eigenvalue weighted by atomic mass is 10.2. The minimum Gasteiger partial charge on any atom is -0.383 e. The zero-order valence-electron chi connectivity index (χ0n) is 10.9. The van der Waals surface area contributed by atoms with Crippen LogP contribution in [-0.4, -0.2) is 55.2 Å². The first-order valence-corrected chi connectivity index (χ1v) is 6.87. The molecular weight excluding hydrogens is 216 g/mol. The van der Waals surface area contributed by atoms with Gasteiger partial charge in [-0.15, -0.1) is 0 Å². The Morgan fingerprint density at radius 3 is 2.41 bits per heavy atom. The van der Waals surface area contributed by atoms with Crippen LogP contribution in [0.1, 0.15) is 38.5 Å². The summed E-state index contributed by atoms with van der Waals surface area (Å²) in [5.41, 5.74) is 0. The number of carbonyl (C=O) groups excluding carboxylic acids is 1. The predicted molar refractivity (Wildman–Crippen MR) is 67.0 cm³/mol. The molecule has 0 radical (unpaired) electrons. The number of hydrogen-bond donors (Lipinski definition) is 0. The maximum atomic E-state index is 12.4. The number of rotatable bonds is 4. The Morgan fingerprint density at radius 1 is 1.24 bits per heavy atom. The Morgan fingerprint density at radius 2 is 1.88 bits per heavy atom. The number of nitrogens with zero attached hydrogens (tertiary/aromatic N) is 2. The molecule has 2 aliphatic rings. The van der Waals surface area contributed by atoms with Crippen molar-refractivity contribution < 1.29 is 9.53 Å². The van der Waals surface area contributed by atoms with Gasteiger partial charge in [-0.1, -0.05) is 12.8 Å². The highest BCUT2D eigenvalue weighted by Gasteiger charge is 2.34. The van der Waals surface area contributed by atoms with Gasteiger partial charge in [0.2, 0.25) is 0 Å². The van der Waals surface area contributed by atoms with Crippen LogP contribution in [0, 0.1) is 0 Å². The summed E-state index contributed by atoms with van der Waals surface area (Å²) < 4.78 is 5.10. The summed E-state index contributed by atoms with van der Waals surface area (Å²) in [6.07, 6.45) is 7.20. The highest BCUT2D eigenvalue weighted by atomic mass is 16.5. The van der Waals surface area contributed by atoms with Gasteiger partial charge in [0.1, 0.15) is 0 Å². The van der Waals surface area contributed by atoms with E-state index in [4.69, 9.17) is 4.74 Å². The highest BCUT2D eigenvalue weighted by molar-refractivity contribution is 5.75. The van der Waals surface area contributed by atoms with Crippen molar-refractivity contribution in [1.82, 2.24) is 9.80 Å². The number of likely N-dealkylation sites (tertiary alicyclic amines) is 1. The van der Waals surface area contributed by atoms with E-state index in [2.05, 4.69) is 0 Å². The summed E-state index contributed by atoms with van der Waals surface area (Å²) in [5.74, 6) is 0. The van der Waals surface area contributed by atoms with E-state index in [0.29, 0.717) is 12.6 Å². The van der Waals surface area contributed by atoms with Crippen molar-refractivity contribution in [2.75, 3.05) is 33.4 Å². The lowest BCUT2D eigenvalue weighted by Crippen LogP contribution is -2.46. The van der Waals surface area contributed by atoms with E-state index in [1.165, 1.54) is 25.7 Å². The predicted octanol–water partition coefficient (Wildman–Crippen LogP) is 2.09. The third-order valence-electron chi connectivity index (χ3n) is 3.65. The first kappa shape index (κ1) is 12.7. The van der Waals surface area contributed by atoms with Crippen LogP contribution in [0.25, 0.3) is 0 Å². The molecule has 0 atom stereocenters. The Hall–Kier alpha value is -0.770. The minimum absolute atomic E-state index is 0.242. The van der Waals surface area contributed by atoms with Crippen LogP contribution in [0.2, 0.25) is 0 Å². The number of methoxy groups -OCH3 is 1. The largest absolute Gasteiger partial charge is 0.383 e. The first-order chi connectivity index (χ1) is 8.33. The summed E-state index contributed by atoms with van der Waals surface area (Å²) in [7, 11) is 1.70. The topological polar surface area (TPSA) is 32.8 Å². The molecule has 1 saturated carbocycles. The number of urea groups is 1. The van der Waals surface area contributed by atoms with E-state index in [1.807, 2.05) is 9.80 Å². The molecule has 0 bridgehead atoms. The first-order valence-electron chi connectivity index (χ1n) is 6.87. The highest BCUT2D eigenvalue weighted by Crippen LogP contribution is 2.28. The lowest BCUT2D eigenvalue weighted by molar-refractivity contribution is 0.122. The average molecular weight is 240 g/mol. The monoisotopic (exact) mass is 240 g/mol. The van der Waals surface area contributed by atoms with Crippen LogP contribution in [0.5, 0.6) is 0 Å². The summed E-state index contributed by atoms with van der Waals surface area (Å²) in [6, 6.07) is 0.729. The van der Waals surface area contributed by atoms with Gasteiger partial charge in [-0.2, -0.15) is 0 Å². The molecule has 2 rings (SSSR count). The van der Waals surface area contributed by atoms with Crippen LogP contribution in [-0.2, 0) is 4.74 Å². The van der Waals surface area contributed by atoms with Crippen molar-refractivity contribution in [3.8, 4) is 0 Å². The van der Waals surface area contributed by atoms with Gasteiger partial charge in [0, 0.05) is 32.8 Å². The van der Waals surface area contributed by atoms with E-state index in [9.17, 15) is 4.79 Å². The Kier molecular flexibility index (Phi) is 4.66. The maximum absolute atomic E-state index is 12.4. The molecule has 1 heterocycles. The van der Waals surface area contributed by atoms with Gasteiger partial charge < -0.3 is 14.5 Å². The second kappa shape index (κ2) is 6.24. The molecule has 0 aromatic rings. The molecule has 2 amide bonds. The SMILES string of the molecule is COCCN(C(=O)N1CCCCCC1)C1CC1. The van der Waals surface area contributed by atoms with Gasteiger partial charge in [0.25, 0.3) is 0 Å². The Bertz CT molecular complexity index is 246. The second-order valence-corrected chi connectivity index (χ2v) is 5.10. The fourth-order valence-electron chi connectivity index (χ4n) is 2.45. The van der Waals surface area contributed by atoms with E-state index in [-0.39, 0.29) is 6.03 Å². The molecule has 1 aliphatic carbocycles. The zero-order chi connectivity index (χ0) is 12.1. The van der Waals surface area contributed by atoms with Crippen LogP contribution >= 0.6 is 0 Å². The Labute approximate surface area is 104 Å². The van der Waals surface area contributed by atoms with Crippen LogP contribution in [0.4, 0.5) is 4.79 Å². The van der Waals surface area contributed by atoms with Crippen LogP contribution in [0.15, 0.2) is 0 Å². The third-order valence-corrected chi connectivity index (χ3v) is 3.65. The summed E-state index contributed by atoms with van der Waals surface area (Å²) in [6.45, 7) is 3.27. The third kappa shape index (κ3) is 3.60. The van der Waals surface area contributed by atoms with E-state index in [0.717, 1.165) is 32.5 Å². The number of hydrogen-bond acceptors (Lipinski definition) is 2. The van der Waals surface area contributed by atoms with Gasteiger partial charge in [-0.25, -0.2) is 4.79 Å². The average Bonchev–Trinajstić information content (AvgIpc) is 3.16. The van der Waals surface area contributed by atoms with Crippen LogP contribution in [0.3, 0.4) is 0 Å². The van der Waals surface area contributed by atoms with Crippen molar-refractivity contribution in [2.45, 2.75) is 44.6 Å². The molecule has 1 aliphatic heterocycles. The normalized spacial score (nSPS) is 21.1. The Balaban J connectivity index is 1.89.